The maximum absolute atomic E-state index is 14.4. The van der Waals surface area contributed by atoms with Crippen LogP contribution in [0.2, 0.25) is 0 Å². The highest BCUT2D eigenvalue weighted by Crippen LogP contribution is 2.31. The number of aromatic nitrogens is 2. The summed E-state index contributed by atoms with van der Waals surface area (Å²) >= 11 is 0. The molecule has 1 aromatic heterocycles. The van der Waals surface area contributed by atoms with Gasteiger partial charge in [0.05, 0.1) is 17.5 Å². The number of benzene rings is 2. The fraction of sp³-hybridized carbons (Fsp3) is 0.316. The van der Waals surface area contributed by atoms with Crippen LogP contribution in [0.5, 0.6) is 5.88 Å². The van der Waals surface area contributed by atoms with Crippen molar-refractivity contribution in [3.05, 3.63) is 53.8 Å². The SMILES string of the molecule is Fc1ccc(F)c(-n2nc(OCC3CCCNC3)c3c(F)cccc32)c1. The lowest BCUT2D eigenvalue weighted by atomic mass is 10.0. The van der Waals surface area contributed by atoms with Gasteiger partial charge in [0.25, 0.3) is 0 Å². The van der Waals surface area contributed by atoms with Gasteiger partial charge in [-0.15, -0.1) is 5.10 Å². The predicted molar refractivity (Wildman–Crippen MR) is 92.0 cm³/mol. The van der Waals surface area contributed by atoms with Gasteiger partial charge in [-0.05, 0) is 43.7 Å². The van der Waals surface area contributed by atoms with Crippen LogP contribution in [0.3, 0.4) is 0 Å². The molecule has 0 amide bonds. The van der Waals surface area contributed by atoms with Crippen molar-refractivity contribution in [1.29, 1.82) is 0 Å². The van der Waals surface area contributed by atoms with Gasteiger partial charge >= 0.3 is 0 Å². The number of piperidine rings is 1. The molecule has 1 atom stereocenters. The van der Waals surface area contributed by atoms with Gasteiger partial charge in [-0.3, -0.25) is 0 Å². The summed E-state index contributed by atoms with van der Waals surface area (Å²) in [4.78, 5) is 0. The van der Waals surface area contributed by atoms with Crippen LogP contribution in [-0.2, 0) is 0 Å². The molecule has 0 saturated carbocycles. The van der Waals surface area contributed by atoms with Crippen molar-refractivity contribution in [2.75, 3.05) is 19.7 Å². The van der Waals surface area contributed by atoms with E-state index in [1.54, 1.807) is 6.07 Å². The Balaban J connectivity index is 1.75. The Morgan fingerprint density at radius 2 is 2.04 bits per heavy atom. The molecule has 0 spiro atoms. The molecule has 1 fully saturated rings. The highest BCUT2D eigenvalue weighted by molar-refractivity contribution is 5.86. The molecule has 7 heteroatoms. The Bertz CT molecular complexity index is 935. The van der Waals surface area contributed by atoms with Crippen LogP contribution >= 0.6 is 0 Å². The van der Waals surface area contributed by atoms with Crippen molar-refractivity contribution in [2.45, 2.75) is 12.8 Å². The predicted octanol–water partition coefficient (Wildman–Crippen LogP) is 3.82. The number of nitrogens with one attached hydrogen (secondary N) is 1. The van der Waals surface area contributed by atoms with E-state index < -0.39 is 17.5 Å². The fourth-order valence-electron chi connectivity index (χ4n) is 3.29. The van der Waals surface area contributed by atoms with Gasteiger partial charge in [0.1, 0.15) is 23.1 Å². The lowest BCUT2D eigenvalue weighted by Gasteiger charge is -2.22. The summed E-state index contributed by atoms with van der Waals surface area (Å²) in [6.45, 7) is 2.21. The molecule has 4 nitrogen and oxygen atoms in total. The quantitative estimate of drug-likeness (QED) is 0.768. The minimum absolute atomic E-state index is 0.0882. The summed E-state index contributed by atoms with van der Waals surface area (Å²) in [7, 11) is 0. The van der Waals surface area contributed by atoms with Gasteiger partial charge in [0, 0.05) is 18.5 Å². The van der Waals surface area contributed by atoms with Crippen LogP contribution in [0.15, 0.2) is 36.4 Å². The van der Waals surface area contributed by atoms with Crippen LogP contribution in [0.25, 0.3) is 16.6 Å². The summed E-state index contributed by atoms with van der Waals surface area (Å²) < 4.78 is 49.2. The molecule has 1 saturated heterocycles. The van der Waals surface area contributed by atoms with Crippen molar-refractivity contribution in [3.63, 3.8) is 0 Å². The molecule has 2 aromatic carbocycles. The molecule has 26 heavy (non-hydrogen) atoms. The van der Waals surface area contributed by atoms with E-state index in [4.69, 9.17) is 4.74 Å². The third-order valence-corrected chi connectivity index (χ3v) is 4.62. The van der Waals surface area contributed by atoms with Crippen LogP contribution < -0.4 is 10.1 Å². The summed E-state index contributed by atoms with van der Waals surface area (Å²) in [6, 6.07) is 7.48. The average molecular weight is 361 g/mol. The van der Waals surface area contributed by atoms with Gasteiger partial charge in [-0.2, -0.15) is 0 Å². The lowest BCUT2D eigenvalue weighted by molar-refractivity contribution is 0.213. The van der Waals surface area contributed by atoms with Crippen LogP contribution in [0, 0.1) is 23.4 Å². The van der Waals surface area contributed by atoms with Crippen molar-refractivity contribution >= 4 is 10.9 Å². The number of rotatable bonds is 4. The highest BCUT2D eigenvalue weighted by atomic mass is 19.1. The van der Waals surface area contributed by atoms with E-state index in [0.717, 1.165) is 44.1 Å². The summed E-state index contributed by atoms with van der Waals surface area (Å²) in [5.41, 5.74) is 0.237. The molecule has 136 valence electrons. The molecule has 1 aliphatic rings. The van der Waals surface area contributed by atoms with E-state index in [-0.39, 0.29) is 17.0 Å². The molecular formula is C19H18F3N3O. The van der Waals surface area contributed by atoms with E-state index >= 15 is 0 Å². The van der Waals surface area contributed by atoms with Gasteiger partial charge in [0.2, 0.25) is 5.88 Å². The minimum Gasteiger partial charge on any atom is -0.476 e. The standard InChI is InChI=1S/C19H18F3N3O/c20-13-6-7-14(21)17(9-13)25-16-5-1-4-15(22)18(16)19(24-25)26-11-12-3-2-8-23-10-12/h1,4-7,9,12,23H,2-3,8,10-11H2. The first-order chi connectivity index (χ1) is 12.6. The van der Waals surface area contributed by atoms with E-state index in [9.17, 15) is 13.2 Å². The zero-order valence-corrected chi connectivity index (χ0v) is 14.0. The van der Waals surface area contributed by atoms with Gasteiger partial charge in [-0.1, -0.05) is 6.07 Å². The largest absolute Gasteiger partial charge is 0.476 e. The van der Waals surface area contributed by atoms with E-state index in [1.165, 1.54) is 16.8 Å². The van der Waals surface area contributed by atoms with Gasteiger partial charge in [-0.25, -0.2) is 17.9 Å². The Hall–Kier alpha value is -2.54. The second kappa shape index (κ2) is 6.99. The monoisotopic (exact) mass is 361 g/mol. The fourth-order valence-corrected chi connectivity index (χ4v) is 3.29. The molecule has 2 heterocycles. The number of nitrogens with zero attached hydrogens (tertiary/aromatic N) is 2. The molecule has 0 bridgehead atoms. The molecule has 1 N–H and O–H groups in total. The normalized spacial score (nSPS) is 17.6. The molecule has 1 unspecified atom stereocenters. The van der Waals surface area contributed by atoms with Crippen LogP contribution in [-0.4, -0.2) is 29.5 Å². The van der Waals surface area contributed by atoms with Crippen molar-refractivity contribution in [3.8, 4) is 11.6 Å². The third kappa shape index (κ3) is 3.14. The van der Waals surface area contributed by atoms with Gasteiger partial charge in [0.15, 0.2) is 0 Å². The number of halogens is 3. The first-order valence-electron chi connectivity index (χ1n) is 8.59. The second-order valence-corrected chi connectivity index (χ2v) is 6.47. The van der Waals surface area contributed by atoms with Crippen molar-refractivity contribution < 1.29 is 17.9 Å². The summed E-state index contributed by atoms with van der Waals surface area (Å²) in [5, 5.41) is 7.69. The number of hydrogen-bond acceptors (Lipinski definition) is 3. The van der Waals surface area contributed by atoms with Crippen molar-refractivity contribution in [1.82, 2.24) is 15.1 Å². The van der Waals surface area contributed by atoms with Gasteiger partial charge < -0.3 is 10.1 Å². The lowest BCUT2D eigenvalue weighted by Crippen LogP contribution is -2.33. The molecule has 4 rings (SSSR count). The zero-order chi connectivity index (χ0) is 18.1. The first kappa shape index (κ1) is 16.9. The molecule has 0 radical (unpaired) electrons. The Labute approximate surface area is 148 Å². The van der Waals surface area contributed by atoms with E-state index in [2.05, 4.69) is 10.4 Å². The molecular weight excluding hydrogens is 343 g/mol. The first-order valence-corrected chi connectivity index (χ1v) is 8.59. The molecule has 3 aromatic rings. The third-order valence-electron chi connectivity index (χ3n) is 4.62. The summed E-state index contributed by atoms with van der Waals surface area (Å²) in [5.74, 6) is -1.36. The smallest absolute Gasteiger partial charge is 0.244 e. The van der Waals surface area contributed by atoms with Crippen molar-refractivity contribution in [2.24, 2.45) is 5.92 Å². The number of ether oxygens (including phenoxy) is 1. The molecule has 0 aliphatic carbocycles. The zero-order valence-electron chi connectivity index (χ0n) is 14.0. The summed E-state index contributed by atoms with van der Waals surface area (Å²) in [6.07, 6.45) is 2.08. The number of hydrogen-bond donors (Lipinski definition) is 1. The maximum Gasteiger partial charge on any atom is 0.244 e. The minimum atomic E-state index is -0.650. The van der Waals surface area contributed by atoms with E-state index in [0.29, 0.717) is 18.0 Å². The van der Waals surface area contributed by atoms with Crippen LogP contribution in [0.1, 0.15) is 12.8 Å². The average Bonchev–Trinajstić information content (AvgIpc) is 3.03. The Morgan fingerprint density at radius 1 is 1.15 bits per heavy atom. The maximum atomic E-state index is 14.4. The van der Waals surface area contributed by atoms with E-state index in [1.807, 2.05) is 0 Å². The van der Waals surface area contributed by atoms with Crippen LogP contribution in [0.4, 0.5) is 13.2 Å². The topological polar surface area (TPSA) is 39.1 Å². The Morgan fingerprint density at radius 3 is 2.85 bits per heavy atom. The Kier molecular flexibility index (Phi) is 4.55. The molecule has 1 aliphatic heterocycles. The number of fused-ring (bicyclic) bond motifs is 1. The second-order valence-electron chi connectivity index (χ2n) is 6.47. The highest BCUT2D eigenvalue weighted by Gasteiger charge is 2.21.